The van der Waals surface area contributed by atoms with Crippen LogP contribution in [0.4, 0.5) is 9.18 Å². The van der Waals surface area contributed by atoms with Gasteiger partial charge in [0.2, 0.25) is 5.91 Å². The number of urea groups is 1. The molecule has 0 bridgehead atoms. The maximum Gasteiger partial charge on any atom is 0.324 e. The molecule has 0 fully saturated rings. The summed E-state index contributed by atoms with van der Waals surface area (Å²) in [4.78, 5) is 34.7. The molecular weight excluding hydrogens is 279 g/mol. The lowest BCUT2D eigenvalue weighted by molar-refractivity contribution is -0.137. The lowest BCUT2D eigenvalue weighted by Crippen LogP contribution is -2.40. The number of nitrogens with one attached hydrogen (secondary N) is 1. The number of imide groups is 1. The summed E-state index contributed by atoms with van der Waals surface area (Å²) in [5, 5.41) is 10.6. The van der Waals surface area contributed by atoms with Gasteiger partial charge < -0.3 is 10.0 Å². The van der Waals surface area contributed by atoms with Crippen molar-refractivity contribution in [2.24, 2.45) is 0 Å². The Morgan fingerprint density at radius 1 is 1.29 bits per heavy atom. The van der Waals surface area contributed by atoms with Crippen LogP contribution in [-0.4, -0.2) is 35.0 Å². The van der Waals surface area contributed by atoms with Crippen LogP contribution in [0.5, 0.6) is 0 Å². The Balaban J connectivity index is 2.40. The van der Waals surface area contributed by atoms with Crippen molar-refractivity contribution in [2.75, 3.05) is 7.05 Å². The Labute approximate surface area is 121 Å². The van der Waals surface area contributed by atoms with Gasteiger partial charge in [-0.15, -0.1) is 0 Å². The van der Waals surface area contributed by atoms with E-state index < -0.39 is 23.7 Å². The van der Waals surface area contributed by atoms with Crippen LogP contribution in [0.1, 0.15) is 24.8 Å². The van der Waals surface area contributed by atoms with Gasteiger partial charge in [0, 0.05) is 26.4 Å². The third-order valence-corrected chi connectivity index (χ3v) is 2.70. The van der Waals surface area contributed by atoms with Crippen LogP contribution in [0.25, 0.3) is 0 Å². The Morgan fingerprint density at radius 2 is 2.00 bits per heavy atom. The summed E-state index contributed by atoms with van der Waals surface area (Å²) in [7, 11) is 1.48. The predicted octanol–water partition coefficient (Wildman–Crippen LogP) is 1.75. The quantitative estimate of drug-likeness (QED) is 0.837. The van der Waals surface area contributed by atoms with Crippen molar-refractivity contribution in [3.05, 3.63) is 35.6 Å². The lowest BCUT2D eigenvalue weighted by atomic mass is 10.2. The molecule has 0 heterocycles. The van der Waals surface area contributed by atoms with E-state index in [0.717, 1.165) is 0 Å². The zero-order valence-electron chi connectivity index (χ0n) is 11.6. The first-order valence-electron chi connectivity index (χ1n) is 6.39. The van der Waals surface area contributed by atoms with Gasteiger partial charge in [-0.2, -0.15) is 0 Å². The molecule has 0 saturated carbocycles. The molecular formula is C14H17FN2O4. The molecule has 0 aliphatic heterocycles. The third kappa shape index (κ3) is 6.51. The molecule has 2 N–H and O–H groups in total. The largest absolute Gasteiger partial charge is 0.481 e. The summed E-state index contributed by atoms with van der Waals surface area (Å²) in [6.07, 6.45) is 0.00858. The molecule has 21 heavy (non-hydrogen) atoms. The highest BCUT2D eigenvalue weighted by Gasteiger charge is 2.13. The maximum atomic E-state index is 13.0. The highest BCUT2D eigenvalue weighted by molar-refractivity contribution is 5.94. The summed E-state index contributed by atoms with van der Waals surface area (Å²) < 4.78 is 13.0. The van der Waals surface area contributed by atoms with Crippen LogP contribution >= 0.6 is 0 Å². The highest BCUT2D eigenvalue weighted by atomic mass is 19.1. The van der Waals surface area contributed by atoms with Crippen LogP contribution in [0.3, 0.4) is 0 Å². The molecule has 1 aromatic rings. The number of rotatable bonds is 6. The molecule has 1 aromatic carbocycles. The number of hydrogen-bond acceptors (Lipinski definition) is 3. The Kier molecular flexibility index (Phi) is 6.32. The van der Waals surface area contributed by atoms with Crippen molar-refractivity contribution in [3.63, 3.8) is 0 Å². The summed E-state index contributed by atoms with van der Waals surface area (Å²) in [5.41, 5.74) is 0.603. The van der Waals surface area contributed by atoms with Gasteiger partial charge in [-0.3, -0.25) is 14.9 Å². The van der Waals surface area contributed by atoms with Crippen molar-refractivity contribution in [3.8, 4) is 0 Å². The number of benzene rings is 1. The van der Waals surface area contributed by atoms with Crippen molar-refractivity contribution in [2.45, 2.75) is 25.8 Å². The summed E-state index contributed by atoms with van der Waals surface area (Å²) in [5.74, 6) is -1.92. The fourth-order valence-corrected chi connectivity index (χ4v) is 1.66. The number of halogens is 1. The molecule has 3 amide bonds. The lowest BCUT2D eigenvalue weighted by Gasteiger charge is -2.17. The van der Waals surface area contributed by atoms with E-state index in [1.54, 1.807) is 6.07 Å². The molecule has 114 valence electrons. The maximum absolute atomic E-state index is 13.0. The number of carbonyl (C=O) groups excluding carboxylic acids is 2. The molecule has 0 aromatic heterocycles. The number of carbonyl (C=O) groups is 3. The van der Waals surface area contributed by atoms with Gasteiger partial charge in [0.25, 0.3) is 0 Å². The second-order valence-electron chi connectivity index (χ2n) is 4.59. The SMILES string of the molecule is CN(Cc1cccc(F)c1)C(=O)NC(=O)CCCC(=O)O. The predicted molar refractivity (Wildman–Crippen MR) is 72.9 cm³/mol. The first kappa shape index (κ1) is 16.6. The molecule has 0 unspecified atom stereocenters. The van der Waals surface area contributed by atoms with E-state index >= 15 is 0 Å². The number of carboxylic acids is 1. The molecule has 1 rings (SSSR count). The minimum Gasteiger partial charge on any atom is -0.481 e. The third-order valence-electron chi connectivity index (χ3n) is 2.70. The van der Waals surface area contributed by atoms with E-state index in [1.807, 2.05) is 0 Å². The number of amides is 3. The van der Waals surface area contributed by atoms with Gasteiger partial charge in [0.1, 0.15) is 5.82 Å². The van der Waals surface area contributed by atoms with Gasteiger partial charge in [-0.1, -0.05) is 12.1 Å². The number of hydrogen-bond donors (Lipinski definition) is 2. The van der Waals surface area contributed by atoms with Crippen molar-refractivity contribution in [1.29, 1.82) is 0 Å². The zero-order chi connectivity index (χ0) is 15.8. The summed E-state index contributed by atoms with van der Waals surface area (Å²) >= 11 is 0. The fourth-order valence-electron chi connectivity index (χ4n) is 1.66. The molecule has 7 heteroatoms. The van der Waals surface area contributed by atoms with Crippen molar-refractivity contribution < 1.29 is 23.9 Å². The summed E-state index contributed by atoms with van der Waals surface area (Å²) in [6, 6.07) is 5.20. The fraction of sp³-hybridized carbons (Fsp3) is 0.357. The normalized spacial score (nSPS) is 10.0. The van der Waals surface area contributed by atoms with Crippen molar-refractivity contribution in [1.82, 2.24) is 10.2 Å². The standard InChI is InChI=1S/C14H17FN2O4/c1-17(9-10-4-2-5-11(15)8-10)14(21)16-12(18)6-3-7-13(19)20/h2,4-5,8H,3,6-7,9H2,1H3,(H,19,20)(H,16,18,21). The first-order valence-corrected chi connectivity index (χ1v) is 6.39. The van der Waals surface area contributed by atoms with Gasteiger partial charge >= 0.3 is 12.0 Å². The van der Waals surface area contributed by atoms with Crippen LogP contribution < -0.4 is 5.32 Å². The number of nitrogens with zero attached hydrogens (tertiary/aromatic N) is 1. The first-order chi connectivity index (χ1) is 9.88. The molecule has 0 saturated heterocycles. The molecule has 0 spiro atoms. The molecule has 0 radical (unpaired) electrons. The minimum atomic E-state index is -0.989. The smallest absolute Gasteiger partial charge is 0.324 e. The van der Waals surface area contributed by atoms with E-state index in [-0.39, 0.29) is 25.8 Å². The molecule has 6 nitrogen and oxygen atoms in total. The molecule has 0 aliphatic carbocycles. The average molecular weight is 296 g/mol. The Hall–Kier alpha value is -2.44. The van der Waals surface area contributed by atoms with Crippen LogP contribution in [0.15, 0.2) is 24.3 Å². The zero-order valence-corrected chi connectivity index (χ0v) is 11.6. The van der Waals surface area contributed by atoms with E-state index in [1.165, 1.54) is 30.1 Å². The van der Waals surface area contributed by atoms with Gasteiger partial charge in [0.05, 0.1) is 0 Å². The second kappa shape index (κ2) is 7.98. The molecule has 0 aliphatic rings. The monoisotopic (exact) mass is 296 g/mol. The van der Waals surface area contributed by atoms with Crippen LogP contribution in [-0.2, 0) is 16.1 Å². The van der Waals surface area contributed by atoms with Crippen LogP contribution in [0.2, 0.25) is 0 Å². The molecule has 0 atom stereocenters. The van der Waals surface area contributed by atoms with Gasteiger partial charge in [0.15, 0.2) is 0 Å². The van der Waals surface area contributed by atoms with Gasteiger partial charge in [-0.25, -0.2) is 9.18 Å². The minimum absolute atomic E-state index is 0.0359. The topological polar surface area (TPSA) is 86.7 Å². The van der Waals surface area contributed by atoms with Crippen LogP contribution in [0, 0.1) is 5.82 Å². The average Bonchev–Trinajstić information content (AvgIpc) is 2.38. The van der Waals surface area contributed by atoms with E-state index in [4.69, 9.17) is 5.11 Å². The Morgan fingerprint density at radius 3 is 2.62 bits per heavy atom. The van der Waals surface area contributed by atoms with Crippen molar-refractivity contribution >= 4 is 17.9 Å². The number of carboxylic acid groups (broad SMARTS) is 1. The second-order valence-corrected chi connectivity index (χ2v) is 4.59. The Bertz CT molecular complexity index is 533. The number of aliphatic carboxylic acids is 1. The van der Waals surface area contributed by atoms with E-state index in [9.17, 15) is 18.8 Å². The highest BCUT2D eigenvalue weighted by Crippen LogP contribution is 2.06. The van der Waals surface area contributed by atoms with E-state index in [0.29, 0.717) is 5.56 Å². The van der Waals surface area contributed by atoms with Gasteiger partial charge in [-0.05, 0) is 24.1 Å². The van der Waals surface area contributed by atoms with E-state index in [2.05, 4.69) is 5.32 Å². The summed E-state index contributed by atoms with van der Waals surface area (Å²) in [6.45, 7) is 0.159.